The number of allylic oxidation sites excluding steroid dienone is 4. The van der Waals surface area contributed by atoms with Crippen molar-refractivity contribution in [3.05, 3.63) is 35.7 Å². The van der Waals surface area contributed by atoms with Gasteiger partial charge in [0.15, 0.2) is 0 Å². The van der Waals surface area contributed by atoms with E-state index in [9.17, 15) is 0 Å². The Hall–Kier alpha value is -0.980. The van der Waals surface area contributed by atoms with E-state index < -0.39 is 0 Å². The van der Waals surface area contributed by atoms with Crippen LogP contribution in [0.3, 0.4) is 0 Å². The van der Waals surface area contributed by atoms with Gasteiger partial charge in [-0.1, -0.05) is 32.1 Å². The predicted molar refractivity (Wildman–Crippen MR) is 58.3 cm³/mol. The summed E-state index contributed by atoms with van der Waals surface area (Å²) in [6.45, 7) is 8.08. The number of nitrogens with one attached hydrogen (secondary N) is 1. The number of hydrogen-bond acceptors (Lipinski definition) is 1. The molecule has 0 heterocycles. The normalized spacial score (nSPS) is 16.2. The standard InChI is InChI=1S/C12H19N/c1-4-7-11-8-5-6-9-12(11)13-10(2)3/h8-9,13H,2,4-7H2,1,3H3. The molecule has 0 saturated carbocycles. The molecule has 0 atom stereocenters. The molecule has 1 rings (SSSR count). The molecular formula is C12H19N. The first-order valence-electron chi connectivity index (χ1n) is 5.06. The maximum atomic E-state index is 3.86. The van der Waals surface area contributed by atoms with Gasteiger partial charge >= 0.3 is 0 Å². The van der Waals surface area contributed by atoms with Crippen LogP contribution in [0, 0.1) is 0 Å². The highest BCUT2D eigenvalue weighted by Crippen LogP contribution is 2.21. The first kappa shape index (κ1) is 10.1. The molecule has 0 spiro atoms. The molecule has 72 valence electrons. The molecule has 0 fully saturated rings. The SMILES string of the molecule is C=C(C)NC1=CCCC=C1CCC. The van der Waals surface area contributed by atoms with Crippen LogP contribution in [-0.2, 0) is 0 Å². The molecule has 1 heteroatoms. The minimum atomic E-state index is 1.02. The Bertz CT molecular complexity index is 246. The molecule has 0 aromatic carbocycles. The van der Waals surface area contributed by atoms with Gasteiger partial charge in [-0.05, 0) is 31.8 Å². The Morgan fingerprint density at radius 3 is 2.77 bits per heavy atom. The van der Waals surface area contributed by atoms with Crippen LogP contribution in [0.5, 0.6) is 0 Å². The average molecular weight is 177 g/mol. The summed E-state index contributed by atoms with van der Waals surface area (Å²) < 4.78 is 0. The summed E-state index contributed by atoms with van der Waals surface area (Å²) in [6, 6.07) is 0. The summed E-state index contributed by atoms with van der Waals surface area (Å²) in [4.78, 5) is 0. The highest BCUT2D eigenvalue weighted by atomic mass is 14.9. The van der Waals surface area contributed by atoms with Crippen LogP contribution in [0.2, 0.25) is 0 Å². The Morgan fingerprint density at radius 1 is 1.46 bits per heavy atom. The molecule has 13 heavy (non-hydrogen) atoms. The van der Waals surface area contributed by atoms with E-state index in [0.29, 0.717) is 0 Å². The van der Waals surface area contributed by atoms with Gasteiger partial charge in [-0.3, -0.25) is 0 Å². The van der Waals surface area contributed by atoms with Crippen LogP contribution in [0.15, 0.2) is 35.7 Å². The highest BCUT2D eigenvalue weighted by molar-refractivity contribution is 5.34. The van der Waals surface area contributed by atoms with Crippen LogP contribution in [-0.4, -0.2) is 0 Å². The maximum absolute atomic E-state index is 3.86. The van der Waals surface area contributed by atoms with Crippen molar-refractivity contribution in [2.45, 2.75) is 39.5 Å². The number of rotatable bonds is 4. The molecule has 1 nitrogen and oxygen atoms in total. The smallest absolute Gasteiger partial charge is 0.0370 e. The largest absolute Gasteiger partial charge is 0.360 e. The van der Waals surface area contributed by atoms with Crippen molar-refractivity contribution in [2.75, 3.05) is 0 Å². The Morgan fingerprint density at radius 2 is 2.15 bits per heavy atom. The highest BCUT2D eigenvalue weighted by Gasteiger charge is 2.06. The van der Waals surface area contributed by atoms with E-state index in [1.54, 1.807) is 0 Å². The minimum absolute atomic E-state index is 1.02. The molecule has 0 bridgehead atoms. The minimum Gasteiger partial charge on any atom is -0.360 e. The maximum Gasteiger partial charge on any atom is 0.0370 e. The molecular weight excluding hydrogens is 158 g/mol. The average Bonchev–Trinajstić information content (AvgIpc) is 2.08. The topological polar surface area (TPSA) is 12.0 Å². The van der Waals surface area contributed by atoms with Crippen molar-refractivity contribution in [3.8, 4) is 0 Å². The first-order valence-corrected chi connectivity index (χ1v) is 5.06. The molecule has 0 aliphatic heterocycles. The van der Waals surface area contributed by atoms with Gasteiger partial charge in [0.2, 0.25) is 0 Å². The zero-order valence-corrected chi connectivity index (χ0v) is 8.69. The first-order chi connectivity index (χ1) is 6.24. The zero-order chi connectivity index (χ0) is 9.68. The van der Waals surface area contributed by atoms with Crippen LogP contribution in [0.4, 0.5) is 0 Å². The second kappa shape index (κ2) is 4.90. The summed E-state index contributed by atoms with van der Waals surface area (Å²) in [5.41, 5.74) is 3.76. The molecule has 0 aromatic rings. The molecule has 0 unspecified atom stereocenters. The van der Waals surface area contributed by atoms with Crippen LogP contribution in [0.25, 0.3) is 0 Å². The number of hydrogen-bond donors (Lipinski definition) is 1. The van der Waals surface area contributed by atoms with Gasteiger partial charge in [0.25, 0.3) is 0 Å². The van der Waals surface area contributed by atoms with Crippen LogP contribution < -0.4 is 5.32 Å². The second-order valence-electron chi connectivity index (χ2n) is 3.58. The fourth-order valence-corrected chi connectivity index (χ4v) is 1.59. The van der Waals surface area contributed by atoms with Gasteiger partial charge in [0, 0.05) is 11.4 Å². The van der Waals surface area contributed by atoms with Gasteiger partial charge in [-0.15, -0.1) is 0 Å². The van der Waals surface area contributed by atoms with Crippen molar-refractivity contribution >= 4 is 0 Å². The molecule has 0 aromatic heterocycles. The van der Waals surface area contributed by atoms with Crippen molar-refractivity contribution in [1.82, 2.24) is 5.32 Å². The Balaban J connectivity index is 2.63. The Labute approximate surface area is 81.2 Å². The van der Waals surface area contributed by atoms with E-state index in [1.165, 1.54) is 30.5 Å². The zero-order valence-electron chi connectivity index (χ0n) is 8.69. The fraction of sp³-hybridized carbons (Fsp3) is 0.500. The van der Waals surface area contributed by atoms with Gasteiger partial charge in [0.05, 0.1) is 0 Å². The third-order valence-corrected chi connectivity index (χ3v) is 2.12. The summed E-state index contributed by atoms with van der Waals surface area (Å²) in [7, 11) is 0. The van der Waals surface area contributed by atoms with E-state index in [1.807, 2.05) is 6.92 Å². The lowest BCUT2D eigenvalue weighted by atomic mass is 9.99. The van der Waals surface area contributed by atoms with E-state index >= 15 is 0 Å². The van der Waals surface area contributed by atoms with E-state index in [2.05, 4.69) is 31.0 Å². The summed E-state index contributed by atoms with van der Waals surface area (Å²) >= 11 is 0. The van der Waals surface area contributed by atoms with Gasteiger partial charge in [-0.2, -0.15) is 0 Å². The molecule has 0 radical (unpaired) electrons. The van der Waals surface area contributed by atoms with E-state index in [0.717, 1.165) is 12.1 Å². The van der Waals surface area contributed by atoms with Crippen molar-refractivity contribution in [2.24, 2.45) is 0 Å². The summed E-state index contributed by atoms with van der Waals surface area (Å²) in [6.07, 6.45) is 9.35. The lowest BCUT2D eigenvalue weighted by Crippen LogP contribution is -2.13. The van der Waals surface area contributed by atoms with Gasteiger partial charge < -0.3 is 5.32 Å². The monoisotopic (exact) mass is 177 g/mol. The fourth-order valence-electron chi connectivity index (χ4n) is 1.59. The van der Waals surface area contributed by atoms with E-state index in [-0.39, 0.29) is 0 Å². The molecule has 1 aliphatic carbocycles. The van der Waals surface area contributed by atoms with Crippen LogP contribution in [0.1, 0.15) is 39.5 Å². The molecule has 1 aliphatic rings. The lowest BCUT2D eigenvalue weighted by molar-refractivity contribution is 0.827. The second-order valence-corrected chi connectivity index (χ2v) is 3.58. The Kier molecular flexibility index (Phi) is 3.81. The van der Waals surface area contributed by atoms with Crippen molar-refractivity contribution < 1.29 is 0 Å². The molecule has 0 amide bonds. The van der Waals surface area contributed by atoms with Crippen molar-refractivity contribution in [1.29, 1.82) is 0 Å². The predicted octanol–water partition coefficient (Wildman–Crippen LogP) is 3.51. The van der Waals surface area contributed by atoms with Crippen LogP contribution >= 0.6 is 0 Å². The molecule has 0 saturated heterocycles. The quantitative estimate of drug-likeness (QED) is 0.693. The van der Waals surface area contributed by atoms with E-state index in [4.69, 9.17) is 0 Å². The summed E-state index contributed by atoms with van der Waals surface area (Å²) in [5, 5.41) is 3.31. The third-order valence-electron chi connectivity index (χ3n) is 2.12. The van der Waals surface area contributed by atoms with Gasteiger partial charge in [0.1, 0.15) is 0 Å². The lowest BCUT2D eigenvalue weighted by Gasteiger charge is -2.17. The summed E-state index contributed by atoms with van der Waals surface area (Å²) in [5.74, 6) is 0. The third kappa shape index (κ3) is 3.10. The van der Waals surface area contributed by atoms with Crippen molar-refractivity contribution in [3.63, 3.8) is 0 Å². The van der Waals surface area contributed by atoms with Gasteiger partial charge in [-0.25, -0.2) is 0 Å². The molecule has 1 N–H and O–H groups in total.